The summed E-state index contributed by atoms with van der Waals surface area (Å²) in [4.78, 5) is 23.8. The van der Waals surface area contributed by atoms with E-state index in [-0.39, 0.29) is 36.0 Å². The number of ketones is 1. The predicted octanol–water partition coefficient (Wildman–Crippen LogP) is 1.48. The standard InChI is InChI=1S/C15H18FNO4S/c1-15(8-9-22(20,21)10-15)17-14(19)7-6-13(18)11-2-4-12(16)5-3-11/h2-5H,6-10H2,1H3,(H,17,19). The largest absolute Gasteiger partial charge is 0.350 e. The van der Waals surface area contributed by atoms with Gasteiger partial charge in [0.05, 0.1) is 17.0 Å². The second-order valence-corrected chi connectivity index (χ2v) is 8.07. The van der Waals surface area contributed by atoms with Crippen LogP contribution in [0.3, 0.4) is 0 Å². The second kappa shape index (κ2) is 6.16. The first-order valence-corrected chi connectivity index (χ1v) is 8.81. The third kappa shape index (κ3) is 4.37. The van der Waals surface area contributed by atoms with Gasteiger partial charge in [0, 0.05) is 18.4 Å². The fourth-order valence-corrected chi connectivity index (χ4v) is 4.61. The van der Waals surface area contributed by atoms with Crippen molar-refractivity contribution in [2.24, 2.45) is 0 Å². The van der Waals surface area contributed by atoms with Crippen molar-refractivity contribution in [2.45, 2.75) is 31.7 Å². The lowest BCUT2D eigenvalue weighted by Gasteiger charge is -2.23. The molecule has 2 rings (SSSR count). The fourth-order valence-electron chi connectivity index (χ4n) is 2.52. The average molecular weight is 327 g/mol. The van der Waals surface area contributed by atoms with Gasteiger partial charge in [0.2, 0.25) is 5.91 Å². The van der Waals surface area contributed by atoms with Crippen LogP contribution in [0.5, 0.6) is 0 Å². The van der Waals surface area contributed by atoms with E-state index in [9.17, 15) is 22.4 Å². The van der Waals surface area contributed by atoms with Crippen molar-refractivity contribution in [3.05, 3.63) is 35.6 Å². The molecule has 1 aromatic rings. The molecular weight excluding hydrogens is 309 g/mol. The summed E-state index contributed by atoms with van der Waals surface area (Å²) in [7, 11) is -3.10. The molecule has 1 unspecified atom stereocenters. The number of hydrogen-bond acceptors (Lipinski definition) is 4. The molecule has 1 fully saturated rings. The quantitative estimate of drug-likeness (QED) is 0.831. The third-order valence-corrected chi connectivity index (χ3v) is 5.59. The molecule has 0 radical (unpaired) electrons. The summed E-state index contributed by atoms with van der Waals surface area (Å²) in [5.74, 6) is -1.03. The van der Waals surface area contributed by atoms with Crippen molar-refractivity contribution in [1.29, 1.82) is 0 Å². The number of carbonyl (C=O) groups excluding carboxylic acids is 2. The van der Waals surface area contributed by atoms with Gasteiger partial charge < -0.3 is 5.32 Å². The number of benzene rings is 1. The Bertz CT molecular complexity index is 684. The van der Waals surface area contributed by atoms with Crippen molar-refractivity contribution in [1.82, 2.24) is 5.32 Å². The monoisotopic (exact) mass is 327 g/mol. The van der Waals surface area contributed by atoms with Crippen LogP contribution in [-0.4, -0.2) is 37.2 Å². The highest BCUT2D eigenvalue weighted by Crippen LogP contribution is 2.23. The normalized spacial score (nSPS) is 23.2. The van der Waals surface area contributed by atoms with Gasteiger partial charge in [0.1, 0.15) is 5.82 Å². The summed E-state index contributed by atoms with van der Waals surface area (Å²) < 4.78 is 35.7. The fraction of sp³-hybridized carbons (Fsp3) is 0.467. The first-order chi connectivity index (χ1) is 10.2. The Hall–Kier alpha value is -1.76. The van der Waals surface area contributed by atoms with Crippen LogP contribution >= 0.6 is 0 Å². The van der Waals surface area contributed by atoms with E-state index < -0.39 is 21.2 Å². The van der Waals surface area contributed by atoms with E-state index >= 15 is 0 Å². The molecule has 5 nitrogen and oxygen atoms in total. The molecule has 0 spiro atoms. The van der Waals surface area contributed by atoms with Crippen molar-refractivity contribution in [3.8, 4) is 0 Å². The summed E-state index contributed by atoms with van der Waals surface area (Å²) >= 11 is 0. The van der Waals surface area contributed by atoms with E-state index in [1.807, 2.05) is 0 Å². The summed E-state index contributed by atoms with van der Waals surface area (Å²) in [6.07, 6.45) is 0.360. The van der Waals surface area contributed by atoms with Crippen LogP contribution in [0.25, 0.3) is 0 Å². The lowest BCUT2D eigenvalue weighted by molar-refractivity contribution is -0.122. The number of Topliss-reactive ketones (excluding diaryl/α,β-unsaturated/α-hetero) is 1. The minimum absolute atomic E-state index is 0.000293. The van der Waals surface area contributed by atoms with Gasteiger partial charge in [0.15, 0.2) is 15.6 Å². The lowest BCUT2D eigenvalue weighted by atomic mass is 10.0. The number of sulfone groups is 1. The molecule has 1 heterocycles. The zero-order chi connectivity index (χ0) is 16.4. The topological polar surface area (TPSA) is 80.3 Å². The Morgan fingerprint density at radius 3 is 2.41 bits per heavy atom. The maximum atomic E-state index is 12.8. The molecule has 0 bridgehead atoms. The van der Waals surface area contributed by atoms with Crippen molar-refractivity contribution >= 4 is 21.5 Å². The Kier molecular flexibility index (Phi) is 4.65. The van der Waals surface area contributed by atoms with Gasteiger partial charge in [-0.15, -0.1) is 0 Å². The molecule has 0 aliphatic carbocycles. The van der Waals surface area contributed by atoms with Crippen molar-refractivity contribution < 1.29 is 22.4 Å². The minimum Gasteiger partial charge on any atom is -0.350 e. The predicted molar refractivity (Wildman–Crippen MR) is 79.8 cm³/mol. The van der Waals surface area contributed by atoms with Crippen molar-refractivity contribution in [2.75, 3.05) is 11.5 Å². The molecular formula is C15H18FNO4S. The Balaban J connectivity index is 1.85. The van der Waals surface area contributed by atoms with Gasteiger partial charge >= 0.3 is 0 Å². The lowest BCUT2D eigenvalue weighted by Crippen LogP contribution is -2.46. The molecule has 1 aliphatic heterocycles. The van der Waals surface area contributed by atoms with Gasteiger partial charge in [-0.05, 0) is 37.6 Å². The molecule has 0 saturated carbocycles. The molecule has 0 aromatic heterocycles. The van der Waals surface area contributed by atoms with Gasteiger partial charge in [-0.1, -0.05) is 0 Å². The van der Waals surface area contributed by atoms with Gasteiger partial charge in [-0.25, -0.2) is 12.8 Å². The summed E-state index contributed by atoms with van der Waals surface area (Å²) in [5, 5.41) is 2.70. The van der Waals surface area contributed by atoms with Crippen LogP contribution < -0.4 is 5.32 Å². The van der Waals surface area contributed by atoms with E-state index in [2.05, 4.69) is 5.32 Å². The SMILES string of the molecule is CC1(NC(=O)CCC(=O)c2ccc(F)cc2)CCS(=O)(=O)C1. The van der Waals surface area contributed by atoms with Gasteiger partial charge in [-0.3, -0.25) is 9.59 Å². The highest BCUT2D eigenvalue weighted by Gasteiger charge is 2.39. The number of halogens is 1. The molecule has 1 aromatic carbocycles. The molecule has 1 saturated heterocycles. The smallest absolute Gasteiger partial charge is 0.220 e. The molecule has 22 heavy (non-hydrogen) atoms. The third-order valence-electron chi connectivity index (χ3n) is 3.69. The number of hydrogen-bond donors (Lipinski definition) is 1. The van der Waals surface area contributed by atoms with Crippen LogP contribution in [-0.2, 0) is 14.6 Å². The Morgan fingerprint density at radius 1 is 1.23 bits per heavy atom. The zero-order valence-corrected chi connectivity index (χ0v) is 13.1. The van der Waals surface area contributed by atoms with E-state index in [0.29, 0.717) is 12.0 Å². The highest BCUT2D eigenvalue weighted by molar-refractivity contribution is 7.91. The van der Waals surface area contributed by atoms with Crippen LogP contribution in [0.1, 0.15) is 36.5 Å². The van der Waals surface area contributed by atoms with E-state index in [4.69, 9.17) is 0 Å². The zero-order valence-electron chi connectivity index (χ0n) is 12.3. The molecule has 1 atom stereocenters. The number of rotatable bonds is 5. The van der Waals surface area contributed by atoms with Gasteiger partial charge in [0.25, 0.3) is 0 Å². The molecule has 1 aliphatic rings. The minimum atomic E-state index is -3.10. The Morgan fingerprint density at radius 2 is 1.86 bits per heavy atom. The van der Waals surface area contributed by atoms with Crippen molar-refractivity contribution in [3.63, 3.8) is 0 Å². The van der Waals surface area contributed by atoms with Gasteiger partial charge in [-0.2, -0.15) is 0 Å². The van der Waals surface area contributed by atoms with Crippen LogP contribution in [0.15, 0.2) is 24.3 Å². The number of carbonyl (C=O) groups is 2. The Labute approximate surface area is 128 Å². The molecule has 1 amide bonds. The first kappa shape index (κ1) is 16.6. The van der Waals surface area contributed by atoms with Crippen LogP contribution in [0.2, 0.25) is 0 Å². The van der Waals surface area contributed by atoms with Crippen LogP contribution in [0.4, 0.5) is 4.39 Å². The first-order valence-electron chi connectivity index (χ1n) is 6.99. The van der Waals surface area contributed by atoms with E-state index in [0.717, 1.165) is 0 Å². The summed E-state index contributed by atoms with van der Waals surface area (Å²) in [6.45, 7) is 1.69. The summed E-state index contributed by atoms with van der Waals surface area (Å²) in [5.41, 5.74) is -0.404. The van der Waals surface area contributed by atoms with E-state index in [1.54, 1.807) is 6.92 Å². The molecule has 120 valence electrons. The number of nitrogens with one attached hydrogen (secondary N) is 1. The maximum absolute atomic E-state index is 12.8. The summed E-state index contributed by atoms with van der Waals surface area (Å²) in [6, 6.07) is 5.14. The average Bonchev–Trinajstić information content (AvgIpc) is 2.70. The second-order valence-electron chi connectivity index (χ2n) is 5.88. The number of amides is 1. The van der Waals surface area contributed by atoms with E-state index in [1.165, 1.54) is 24.3 Å². The highest BCUT2D eigenvalue weighted by atomic mass is 32.2. The molecule has 7 heteroatoms. The van der Waals surface area contributed by atoms with Crippen LogP contribution in [0, 0.1) is 5.82 Å². The molecule has 1 N–H and O–H groups in total. The maximum Gasteiger partial charge on any atom is 0.220 e.